The summed E-state index contributed by atoms with van der Waals surface area (Å²) in [5.74, 6) is 0.505. The molecule has 1 heterocycles. The third kappa shape index (κ3) is 3.32. The molecule has 1 aliphatic heterocycles. The number of anilines is 1. The Morgan fingerprint density at radius 2 is 2.00 bits per heavy atom. The Morgan fingerprint density at radius 3 is 2.78 bits per heavy atom. The van der Waals surface area contributed by atoms with Crippen LogP contribution in [-0.2, 0) is 4.79 Å². The first kappa shape index (κ1) is 18.0. The molecule has 4 rings (SSSR count). The zero-order valence-electron chi connectivity index (χ0n) is 15.7. The quantitative estimate of drug-likeness (QED) is 0.753. The van der Waals surface area contributed by atoms with Gasteiger partial charge >= 0.3 is 0 Å². The van der Waals surface area contributed by atoms with Crippen LogP contribution < -0.4 is 10.1 Å². The van der Waals surface area contributed by atoms with Gasteiger partial charge in [-0.15, -0.1) is 11.8 Å². The number of phenols is 1. The number of Topliss-reactive ketones (excluding diaryl/α,β-unsaturated/α-hetero) is 1. The summed E-state index contributed by atoms with van der Waals surface area (Å²) in [6.45, 7) is 4.19. The number of allylic oxidation sites excluding steroid dienone is 2. The highest BCUT2D eigenvalue weighted by atomic mass is 32.2. The lowest BCUT2D eigenvalue weighted by molar-refractivity contribution is -0.123. The highest BCUT2D eigenvalue weighted by molar-refractivity contribution is 7.99. The molecule has 140 valence electrons. The first-order chi connectivity index (χ1) is 12.9. The molecule has 27 heavy (non-hydrogen) atoms. The Hall–Kier alpha value is -2.40. The van der Waals surface area contributed by atoms with Crippen LogP contribution in [0.3, 0.4) is 0 Å². The lowest BCUT2D eigenvalue weighted by Gasteiger charge is -2.35. The van der Waals surface area contributed by atoms with E-state index < -0.39 is 0 Å². The Morgan fingerprint density at radius 1 is 1.22 bits per heavy atom. The Balaban J connectivity index is 1.88. The molecule has 0 amide bonds. The lowest BCUT2D eigenvalue weighted by atomic mass is 9.74. The molecule has 2 N–H and O–H groups in total. The standard InChI is InChI=1S/C22H23NO3S/c1-22(2)11-15-20(17(25)12-22)21(13-8-9-16(24)18(10-13)26-3)27-19-7-5-4-6-14(19)23-15/h4-11,20-21,23-24H,12H2,1-3H3. The van der Waals surface area contributed by atoms with Crippen LogP contribution in [-0.4, -0.2) is 18.0 Å². The molecule has 2 aliphatic rings. The average molecular weight is 381 g/mol. The monoisotopic (exact) mass is 381 g/mol. The van der Waals surface area contributed by atoms with E-state index in [2.05, 4.69) is 31.3 Å². The molecule has 0 aromatic heterocycles. The topological polar surface area (TPSA) is 58.6 Å². The van der Waals surface area contributed by atoms with Crippen molar-refractivity contribution >= 4 is 23.2 Å². The van der Waals surface area contributed by atoms with E-state index in [9.17, 15) is 9.90 Å². The molecule has 0 saturated carbocycles. The summed E-state index contributed by atoms with van der Waals surface area (Å²) in [6.07, 6.45) is 2.72. The molecule has 0 saturated heterocycles. The molecule has 1 aliphatic carbocycles. The number of rotatable bonds is 2. The van der Waals surface area contributed by atoms with Gasteiger partial charge in [-0.2, -0.15) is 0 Å². The molecule has 0 radical (unpaired) electrons. The van der Waals surface area contributed by atoms with Gasteiger partial charge in [-0.25, -0.2) is 0 Å². The normalized spacial score (nSPS) is 23.4. The second-order valence-electron chi connectivity index (χ2n) is 7.80. The first-order valence-corrected chi connectivity index (χ1v) is 9.91. The molecule has 0 spiro atoms. The van der Waals surface area contributed by atoms with Crippen molar-refractivity contribution in [2.24, 2.45) is 11.3 Å². The van der Waals surface area contributed by atoms with Gasteiger partial charge in [-0.3, -0.25) is 4.79 Å². The van der Waals surface area contributed by atoms with Crippen LogP contribution in [0.1, 0.15) is 31.1 Å². The minimum absolute atomic E-state index is 0.0921. The maximum atomic E-state index is 13.2. The summed E-state index contributed by atoms with van der Waals surface area (Å²) in [6, 6.07) is 13.5. The SMILES string of the molecule is COc1cc(C2Sc3ccccc3NC3=CC(C)(C)CC(=O)C32)ccc1O. The highest BCUT2D eigenvalue weighted by Gasteiger charge is 2.42. The smallest absolute Gasteiger partial charge is 0.160 e. The number of aromatic hydroxyl groups is 1. The Labute approximate surface area is 163 Å². The van der Waals surface area contributed by atoms with Crippen LogP contribution in [0.4, 0.5) is 5.69 Å². The molecule has 2 atom stereocenters. The average Bonchev–Trinajstić information content (AvgIpc) is 2.77. The van der Waals surface area contributed by atoms with Crippen molar-refractivity contribution < 1.29 is 14.6 Å². The number of thioether (sulfide) groups is 1. The van der Waals surface area contributed by atoms with Crippen LogP contribution in [0.25, 0.3) is 0 Å². The zero-order chi connectivity index (χ0) is 19.2. The summed E-state index contributed by atoms with van der Waals surface area (Å²) >= 11 is 1.68. The van der Waals surface area contributed by atoms with Crippen LogP contribution in [0.15, 0.2) is 59.1 Å². The summed E-state index contributed by atoms with van der Waals surface area (Å²) in [5.41, 5.74) is 2.79. The molecule has 0 bridgehead atoms. The van der Waals surface area contributed by atoms with Crippen molar-refractivity contribution in [3.8, 4) is 11.5 Å². The van der Waals surface area contributed by atoms with Crippen LogP contribution >= 0.6 is 11.8 Å². The molecule has 5 heteroatoms. The number of benzene rings is 2. The van der Waals surface area contributed by atoms with E-state index >= 15 is 0 Å². The predicted octanol–water partition coefficient (Wildman–Crippen LogP) is 5.16. The van der Waals surface area contributed by atoms with E-state index in [4.69, 9.17) is 4.74 Å². The number of nitrogens with one attached hydrogen (secondary N) is 1. The number of ketones is 1. The van der Waals surface area contributed by atoms with Gasteiger partial charge in [-0.05, 0) is 35.2 Å². The number of methoxy groups -OCH3 is 1. The molecule has 2 aromatic rings. The molecule has 0 fully saturated rings. The summed E-state index contributed by atoms with van der Waals surface area (Å²) in [4.78, 5) is 14.3. The van der Waals surface area contributed by atoms with Crippen molar-refractivity contribution in [3.05, 3.63) is 59.8 Å². The fourth-order valence-electron chi connectivity index (χ4n) is 3.90. The number of fused-ring (bicyclic) bond motifs is 2. The number of hydrogen-bond donors (Lipinski definition) is 2. The van der Waals surface area contributed by atoms with Crippen molar-refractivity contribution in [2.45, 2.75) is 30.4 Å². The summed E-state index contributed by atoms with van der Waals surface area (Å²) < 4.78 is 5.30. The van der Waals surface area contributed by atoms with Gasteiger partial charge < -0.3 is 15.2 Å². The minimum atomic E-state index is -0.260. The van der Waals surface area contributed by atoms with Gasteiger partial charge in [0, 0.05) is 22.3 Å². The highest BCUT2D eigenvalue weighted by Crippen LogP contribution is 2.53. The van der Waals surface area contributed by atoms with Crippen molar-refractivity contribution in [1.82, 2.24) is 0 Å². The van der Waals surface area contributed by atoms with Crippen molar-refractivity contribution in [1.29, 1.82) is 0 Å². The van der Waals surface area contributed by atoms with Gasteiger partial charge in [0.25, 0.3) is 0 Å². The number of hydrogen-bond acceptors (Lipinski definition) is 5. The van der Waals surface area contributed by atoms with Crippen molar-refractivity contribution in [2.75, 3.05) is 12.4 Å². The molecule has 2 aromatic carbocycles. The zero-order valence-corrected chi connectivity index (χ0v) is 16.5. The third-order valence-corrected chi connectivity index (χ3v) is 6.52. The lowest BCUT2D eigenvalue weighted by Crippen LogP contribution is -2.34. The van der Waals surface area contributed by atoms with Gasteiger partial charge in [-0.1, -0.05) is 38.1 Å². The predicted molar refractivity (Wildman–Crippen MR) is 108 cm³/mol. The fraction of sp³-hybridized carbons (Fsp3) is 0.318. The maximum absolute atomic E-state index is 13.2. The van der Waals surface area contributed by atoms with Gasteiger partial charge in [0.2, 0.25) is 0 Å². The van der Waals surface area contributed by atoms with E-state index in [1.165, 1.54) is 7.11 Å². The third-order valence-electron chi connectivity index (χ3n) is 5.11. The largest absolute Gasteiger partial charge is 0.504 e. The summed E-state index contributed by atoms with van der Waals surface area (Å²) in [7, 11) is 1.54. The number of ether oxygens (including phenoxy) is 1. The van der Waals surface area contributed by atoms with Gasteiger partial charge in [0.05, 0.1) is 18.7 Å². The molecular formula is C22H23NO3S. The maximum Gasteiger partial charge on any atom is 0.160 e. The molecular weight excluding hydrogens is 358 g/mol. The number of para-hydroxylation sites is 1. The van der Waals surface area contributed by atoms with E-state index in [0.717, 1.165) is 21.8 Å². The van der Waals surface area contributed by atoms with Crippen molar-refractivity contribution in [3.63, 3.8) is 0 Å². The van der Waals surface area contributed by atoms with Gasteiger partial charge in [0.15, 0.2) is 11.5 Å². The van der Waals surface area contributed by atoms with E-state index in [-0.39, 0.29) is 28.1 Å². The van der Waals surface area contributed by atoms with E-state index in [1.807, 2.05) is 30.3 Å². The second kappa shape index (κ2) is 6.64. The fourth-order valence-corrected chi connectivity index (χ4v) is 5.30. The van der Waals surface area contributed by atoms with Gasteiger partial charge in [0.1, 0.15) is 5.78 Å². The van der Waals surface area contributed by atoms with Crippen LogP contribution in [0, 0.1) is 11.3 Å². The molecule has 4 nitrogen and oxygen atoms in total. The van der Waals surface area contributed by atoms with Crippen LogP contribution in [0.5, 0.6) is 11.5 Å². The number of carbonyl (C=O) groups excluding carboxylic acids is 1. The molecule has 2 unspecified atom stereocenters. The Bertz CT molecular complexity index is 935. The second-order valence-corrected chi connectivity index (χ2v) is 8.98. The Kier molecular flexibility index (Phi) is 4.42. The summed E-state index contributed by atoms with van der Waals surface area (Å²) in [5, 5.41) is 13.4. The first-order valence-electron chi connectivity index (χ1n) is 9.03. The van der Waals surface area contributed by atoms with E-state index in [0.29, 0.717) is 12.2 Å². The van der Waals surface area contributed by atoms with E-state index in [1.54, 1.807) is 17.8 Å². The number of phenolic OH excluding ortho intramolecular Hbond substituents is 1. The minimum Gasteiger partial charge on any atom is -0.504 e. The van der Waals surface area contributed by atoms with Crippen LogP contribution in [0.2, 0.25) is 0 Å². The number of carbonyl (C=O) groups is 1.